The molecule has 3 rings (SSSR count). The van der Waals surface area contributed by atoms with Gasteiger partial charge in [0.25, 0.3) is 0 Å². The van der Waals surface area contributed by atoms with Gasteiger partial charge in [-0.2, -0.15) is 0 Å². The van der Waals surface area contributed by atoms with E-state index < -0.39 is 0 Å². The van der Waals surface area contributed by atoms with Crippen molar-refractivity contribution in [3.63, 3.8) is 0 Å². The first-order valence-corrected chi connectivity index (χ1v) is 9.84. The number of aryl methyl sites for hydroxylation is 1. The lowest BCUT2D eigenvalue weighted by Crippen LogP contribution is -2.22. The van der Waals surface area contributed by atoms with E-state index in [1.807, 2.05) is 68.4 Å². The lowest BCUT2D eigenvalue weighted by atomic mass is 10.2. The zero-order valence-corrected chi connectivity index (χ0v) is 16.3. The summed E-state index contributed by atoms with van der Waals surface area (Å²) in [5.74, 6) is -0.0494. The number of carbonyl (C=O) groups excluding carboxylic acids is 1. The Labute approximate surface area is 159 Å². The number of amides is 1. The summed E-state index contributed by atoms with van der Waals surface area (Å²) in [6, 6.07) is 17.5. The lowest BCUT2D eigenvalue weighted by molar-refractivity contribution is -0.115. The minimum Gasteiger partial charge on any atom is -0.325 e. The number of rotatable bonds is 5. The van der Waals surface area contributed by atoms with Gasteiger partial charge in [0.05, 0.1) is 10.9 Å². The van der Waals surface area contributed by atoms with Crippen LogP contribution in [0.25, 0.3) is 5.69 Å². The Morgan fingerprint density at radius 1 is 1.20 bits per heavy atom. The molecule has 1 atom stereocenters. The normalized spacial score (nSPS) is 11.9. The monoisotopic (exact) mass is 387 g/mol. The van der Waals surface area contributed by atoms with Crippen molar-refractivity contribution in [3.8, 4) is 5.69 Å². The van der Waals surface area contributed by atoms with Crippen molar-refractivity contribution in [2.45, 2.75) is 23.4 Å². The molecule has 1 amide bonds. The molecule has 3 aromatic rings. The van der Waals surface area contributed by atoms with Crippen molar-refractivity contribution in [3.05, 3.63) is 64.1 Å². The van der Waals surface area contributed by atoms with Crippen LogP contribution in [0.2, 0.25) is 0 Å². The van der Waals surface area contributed by atoms with Crippen molar-refractivity contribution < 1.29 is 4.79 Å². The van der Waals surface area contributed by atoms with Gasteiger partial charge in [-0.1, -0.05) is 59.5 Å². The summed E-state index contributed by atoms with van der Waals surface area (Å²) in [5.41, 5.74) is 2.80. The van der Waals surface area contributed by atoms with E-state index in [9.17, 15) is 4.79 Å². The van der Waals surface area contributed by atoms with Crippen LogP contribution < -0.4 is 5.32 Å². The highest BCUT2D eigenvalue weighted by Crippen LogP contribution is 2.28. The van der Waals surface area contributed by atoms with E-state index in [2.05, 4.69) is 10.4 Å². The molecule has 4 nitrogen and oxygen atoms in total. The molecular weight excluding hydrogens is 370 g/mol. The van der Waals surface area contributed by atoms with Gasteiger partial charge in [0.2, 0.25) is 5.91 Å². The minimum absolute atomic E-state index is 0.0494. The molecule has 25 heavy (non-hydrogen) atoms. The van der Waals surface area contributed by atoms with Gasteiger partial charge < -0.3 is 5.32 Å². The number of carbonyl (C=O) groups is 1. The second kappa shape index (κ2) is 7.95. The summed E-state index contributed by atoms with van der Waals surface area (Å²) < 4.78 is 3.18. The number of hydrogen-bond acceptors (Lipinski definition) is 5. The maximum atomic E-state index is 12.4. The Bertz CT molecular complexity index is 934. The van der Waals surface area contributed by atoms with E-state index in [0.717, 1.165) is 21.3 Å². The fourth-order valence-electron chi connectivity index (χ4n) is 2.19. The van der Waals surface area contributed by atoms with Crippen LogP contribution in [0.3, 0.4) is 0 Å². The van der Waals surface area contributed by atoms with Crippen LogP contribution >= 0.6 is 35.3 Å². The van der Waals surface area contributed by atoms with Crippen LogP contribution in [0, 0.1) is 10.9 Å². The predicted octanol–water partition coefficient (Wildman–Crippen LogP) is 5.09. The first kappa shape index (κ1) is 17.8. The maximum absolute atomic E-state index is 12.4. The van der Waals surface area contributed by atoms with Gasteiger partial charge in [-0.3, -0.25) is 4.79 Å². The highest BCUT2D eigenvalue weighted by molar-refractivity contribution is 8.02. The van der Waals surface area contributed by atoms with Crippen molar-refractivity contribution in [1.82, 2.24) is 9.78 Å². The Morgan fingerprint density at radius 3 is 2.60 bits per heavy atom. The number of nitrogens with one attached hydrogen (secondary N) is 1. The quantitative estimate of drug-likeness (QED) is 0.489. The van der Waals surface area contributed by atoms with Crippen molar-refractivity contribution in [2.24, 2.45) is 0 Å². The van der Waals surface area contributed by atoms with Crippen LogP contribution in [0.15, 0.2) is 58.9 Å². The second-order valence-electron chi connectivity index (χ2n) is 5.45. The third kappa shape index (κ3) is 4.36. The summed E-state index contributed by atoms with van der Waals surface area (Å²) in [5, 5.41) is 7.23. The Kier molecular flexibility index (Phi) is 5.67. The van der Waals surface area contributed by atoms with Gasteiger partial charge >= 0.3 is 0 Å². The second-order valence-corrected chi connectivity index (χ2v) is 8.66. The zero-order chi connectivity index (χ0) is 17.8. The molecule has 0 spiro atoms. The van der Waals surface area contributed by atoms with Crippen LogP contribution in [-0.4, -0.2) is 20.9 Å². The van der Waals surface area contributed by atoms with Gasteiger partial charge in [0, 0.05) is 5.69 Å². The smallest absolute Gasteiger partial charge is 0.237 e. The molecule has 0 aliphatic carbocycles. The van der Waals surface area contributed by atoms with Crippen LogP contribution in [0.4, 0.5) is 5.69 Å². The van der Waals surface area contributed by atoms with E-state index in [1.165, 1.54) is 23.1 Å². The molecule has 0 aliphatic rings. The summed E-state index contributed by atoms with van der Waals surface area (Å²) in [6.45, 7) is 3.84. The number of benzene rings is 2. The van der Waals surface area contributed by atoms with Gasteiger partial charge in [-0.05, 0) is 49.8 Å². The number of para-hydroxylation sites is 2. The van der Waals surface area contributed by atoms with E-state index in [1.54, 1.807) is 4.68 Å². The van der Waals surface area contributed by atoms with E-state index >= 15 is 0 Å². The average Bonchev–Trinajstić information content (AvgIpc) is 2.98. The molecule has 1 N–H and O–H groups in total. The average molecular weight is 388 g/mol. The molecule has 1 unspecified atom stereocenters. The third-order valence-electron chi connectivity index (χ3n) is 3.58. The summed E-state index contributed by atoms with van der Waals surface area (Å²) >= 11 is 8.23. The first-order chi connectivity index (χ1) is 12.0. The molecule has 7 heteroatoms. The van der Waals surface area contributed by atoms with Crippen molar-refractivity contribution >= 4 is 46.9 Å². The SMILES string of the molecule is Cc1ccccc1NC(=O)C(C)Sc1nn(-c2ccccc2)c(=S)s1. The molecule has 1 heterocycles. The predicted molar refractivity (Wildman–Crippen MR) is 107 cm³/mol. The van der Waals surface area contributed by atoms with Crippen LogP contribution in [0.5, 0.6) is 0 Å². The van der Waals surface area contributed by atoms with Crippen molar-refractivity contribution in [2.75, 3.05) is 5.32 Å². The topological polar surface area (TPSA) is 46.9 Å². The summed E-state index contributed by atoms with van der Waals surface area (Å²) in [7, 11) is 0. The van der Waals surface area contributed by atoms with Gasteiger partial charge in [-0.15, -0.1) is 5.10 Å². The number of aromatic nitrogens is 2. The standard InChI is InChI=1S/C18H17N3OS3/c1-12-8-6-7-11-15(12)19-16(22)13(2)24-17-20-21(18(23)25-17)14-9-4-3-5-10-14/h3-11,13H,1-2H3,(H,19,22). The minimum atomic E-state index is -0.274. The molecule has 0 radical (unpaired) electrons. The number of anilines is 1. The maximum Gasteiger partial charge on any atom is 0.237 e. The fourth-order valence-corrected chi connectivity index (χ4v) is 4.70. The molecule has 0 fully saturated rings. The van der Waals surface area contributed by atoms with Gasteiger partial charge in [-0.25, -0.2) is 4.68 Å². The summed E-state index contributed by atoms with van der Waals surface area (Å²) in [4.78, 5) is 12.4. The van der Waals surface area contributed by atoms with Gasteiger partial charge in [0.15, 0.2) is 8.29 Å². The molecule has 0 saturated heterocycles. The number of nitrogens with zero attached hydrogens (tertiary/aromatic N) is 2. The Morgan fingerprint density at radius 2 is 1.88 bits per heavy atom. The third-order valence-corrected chi connectivity index (χ3v) is 6.00. The molecule has 128 valence electrons. The molecular formula is C18H17N3OS3. The van der Waals surface area contributed by atoms with E-state index in [0.29, 0.717) is 3.95 Å². The van der Waals surface area contributed by atoms with E-state index in [4.69, 9.17) is 12.2 Å². The molecule has 1 aromatic heterocycles. The van der Waals surface area contributed by atoms with Gasteiger partial charge in [0.1, 0.15) is 0 Å². The number of thioether (sulfide) groups is 1. The zero-order valence-electron chi connectivity index (χ0n) is 13.8. The fraction of sp³-hybridized carbons (Fsp3) is 0.167. The Balaban J connectivity index is 1.71. The van der Waals surface area contributed by atoms with Crippen LogP contribution in [0.1, 0.15) is 12.5 Å². The van der Waals surface area contributed by atoms with E-state index in [-0.39, 0.29) is 11.2 Å². The highest BCUT2D eigenvalue weighted by atomic mass is 32.2. The number of hydrogen-bond donors (Lipinski definition) is 1. The molecule has 2 aromatic carbocycles. The first-order valence-electron chi connectivity index (χ1n) is 7.73. The highest BCUT2D eigenvalue weighted by Gasteiger charge is 2.18. The molecule has 0 aliphatic heterocycles. The molecule has 0 saturated carbocycles. The lowest BCUT2D eigenvalue weighted by Gasteiger charge is -2.12. The Hall–Kier alpha value is -1.96. The van der Waals surface area contributed by atoms with Crippen LogP contribution in [-0.2, 0) is 4.79 Å². The molecule has 0 bridgehead atoms. The largest absolute Gasteiger partial charge is 0.325 e. The summed E-state index contributed by atoms with van der Waals surface area (Å²) in [6.07, 6.45) is 0. The van der Waals surface area contributed by atoms with Crippen molar-refractivity contribution in [1.29, 1.82) is 0 Å².